The third kappa shape index (κ3) is 4.31. The first-order chi connectivity index (χ1) is 12.8. The van der Waals surface area contributed by atoms with Crippen LogP contribution in [0.2, 0.25) is 0 Å². The fraction of sp³-hybridized carbons (Fsp3) is 0.400. The maximum absolute atomic E-state index is 12.1. The molecule has 1 fully saturated rings. The van der Waals surface area contributed by atoms with E-state index >= 15 is 0 Å². The maximum Gasteiger partial charge on any atom is 0.245 e. The summed E-state index contributed by atoms with van der Waals surface area (Å²) in [5.74, 6) is -1.11. The summed E-state index contributed by atoms with van der Waals surface area (Å²) in [6.07, 6.45) is 1.77. The minimum absolute atomic E-state index is 0.105. The van der Waals surface area contributed by atoms with E-state index in [1.165, 1.54) is 5.56 Å². The Bertz CT molecular complexity index is 866. The van der Waals surface area contributed by atoms with Crippen LogP contribution in [0.25, 0.3) is 5.69 Å². The Morgan fingerprint density at radius 3 is 2.48 bits per heavy atom. The number of benzene rings is 1. The Labute approximate surface area is 167 Å². The number of carbonyl (C=O) groups excluding carboxylic acids is 1. The van der Waals surface area contributed by atoms with Crippen LogP contribution >= 0.6 is 15.9 Å². The number of aromatic nitrogens is 1. The fourth-order valence-corrected chi connectivity index (χ4v) is 3.78. The number of nitrogens with one attached hydrogen (secondary N) is 1. The van der Waals surface area contributed by atoms with Crippen molar-refractivity contribution in [1.29, 1.82) is 0 Å². The van der Waals surface area contributed by atoms with Gasteiger partial charge in [0.1, 0.15) is 0 Å². The summed E-state index contributed by atoms with van der Waals surface area (Å²) in [5, 5.41) is 4.12. The van der Waals surface area contributed by atoms with Crippen LogP contribution in [0.15, 0.2) is 33.8 Å². The van der Waals surface area contributed by atoms with Crippen LogP contribution in [0.4, 0.5) is 0 Å². The van der Waals surface area contributed by atoms with Crippen LogP contribution in [0.1, 0.15) is 35.9 Å². The highest BCUT2D eigenvalue weighted by molar-refractivity contribution is 9.10. The number of aryl methyl sites for hydroxylation is 1. The van der Waals surface area contributed by atoms with Gasteiger partial charge in [0.05, 0.1) is 25.8 Å². The molecule has 1 N–H and O–H groups in total. The number of amides is 1. The van der Waals surface area contributed by atoms with Gasteiger partial charge in [-0.25, -0.2) is 5.43 Å². The summed E-state index contributed by atoms with van der Waals surface area (Å²) >= 11 is 3.65. The maximum atomic E-state index is 12.1. The number of rotatable bonds is 5. The molecule has 1 aromatic heterocycles. The molecule has 1 aliphatic rings. The van der Waals surface area contributed by atoms with Gasteiger partial charge in [-0.05, 0) is 55.8 Å². The van der Waals surface area contributed by atoms with Crippen LogP contribution < -0.4 is 5.43 Å². The molecule has 1 aliphatic heterocycles. The summed E-state index contributed by atoms with van der Waals surface area (Å²) in [5.41, 5.74) is 7.89. The molecule has 0 spiro atoms. The average molecular weight is 434 g/mol. The minimum atomic E-state index is -0.860. The van der Waals surface area contributed by atoms with Crippen LogP contribution in [0.5, 0.6) is 0 Å². The normalized spacial score (nSPS) is 16.2. The summed E-state index contributed by atoms with van der Waals surface area (Å²) in [6.45, 7) is 8.91. The SMILES string of the molecule is Cc1ccc(-n2c(C)c(Br)c(/C=N\NC(=O)CC3(C)OCCO3)c2C)cc1. The first kappa shape index (κ1) is 19.8. The molecule has 3 rings (SSSR count). The Kier molecular flexibility index (Phi) is 5.83. The minimum Gasteiger partial charge on any atom is -0.347 e. The Hall–Kier alpha value is -1.96. The molecule has 0 bridgehead atoms. The lowest BCUT2D eigenvalue weighted by Gasteiger charge is -2.20. The summed E-state index contributed by atoms with van der Waals surface area (Å²) < 4.78 is 14.0. The number of ether oxygens (including phenoxy) is 2. The third-order valence-electron chi connectivity index (χ3n) is 4.67. The van der Waals surface area contributed by atoms with Gasteiger partial charge >= 0.3 is 0 Å². The third-order valence-corrected chi connectivity index (χ3v) is 5.67. The molecule has 1 amide bonds. The molecule has 0 aliphatic carbocycles. The van der Waals surface area contributed by atoms with Gasteiger partial charge < -0.3 is 14.0 Å². The molecule has 1 saturated heterocycles. The van der Waals surface area contributed by atoms with Crippen LogP contribution in [0.3, 0.4) is 0 Å². The first-order valence-electron chi connectivity index (χ1n) is 8.85. The van der Waals surface area contributed by atoms with E-state index in [-0.39, 0.29) is 12.3 Å². The van der Waals surface area contributed by atoms with Crippen molar-refractivity contribution in [2.24, 2.45) is 5.10 Å². The smallest absolute Gasteiger partial charge is 0.245 e. The van der Waals surface area contributed by atoms with Crippen LogP contribution in [0, 0.1) is 20.8 Å². The van der Waals surface area contributed by atoms with Crippen molar-refractivity contribution in [2.45, 2.75) is 39.9 Å². The van der Waals surface area contributed by atoms with Crippen molar-refractivity contribution in [3.8, 4) is 5.69 Å². The lowest BCUT2D eigenvalue weighted by Crippen LogP contribution is -2.33. The van der Waals surface area contributed by atoms with Gasteiger partial charge in [-0.3, -0.25) is 4.79 Å². The predicted molar refractivity (Wildman–Crippen MR) is 108 cm³/mol. The highest BCUT2D eigenvalue weighted by Crippen LogP contribution is 2.29. The topological polar surface area (TPSA) is 64.9 Å². The van der Waals surface area contributed by atoms with Crippen LogP contribution in [-0.4, -0.2) is 35.7 Å². The number of hydrogen-bond donors (Lipinski definition) is 1. The standard InChI is InChI=1S/C20H24BrN3O3/c1-13-5-7-16(8-6-13)24-14(2)17(19(21)15(24)3)12-22-23-18(25)11-20(4)26-9-10-27-20/h5-8,12H,9-11H2,1-4H3,(H,23,25)/b22-12-. The molecule has 0 unspecified atom stereocenters. The number of carbonyl (C=O) groups is 1. The largest absolute Gasteiger partial charge is 0.347 e. The molecule has 2 heterocycles. The van der Waals surface area contributed by atoms with Gasteiger partial charge in [-0.2, -0.15) is 5.10 Å². The van der Waals surface area contributed by atoms with E-state index in [4.69, 9.17) is 9.47 Å². The van der Waals surface area contributed by atoms with Crippen molar-refractivity contribution in [3.63, 3.8) is 0 Å². The Balaban J connectivity index is 1.75. The van der Waals surface area contributed by atoms with Crippen molar-refractivity contribution in [3.05, 3.63) is 51.3 Å². The zero-order valence-corrected chi connectivity index (χ0v) is 17.6. The lowest BCUT2D eigenvalue weighted by molar-refractivity contribution is -0.159. The van der Waals surface area contributed by atoms with E-state index < -0.39 is 5.79 Å². The molecule has 0 atom stereocenters. The predicted octanol–water partition coefficient (Wildman–Crippen LogP) is 3.77. The zero-order chi connectivity index (χ0) is 19.6. The van der Waals surface area contributed by atoms with E-state index in [1.807, 2.05) is 13.8 Å². The molecule has 6 nitrogen and oxygen atoms in total. The monoisotopic (exact) mass is 433 g/mol. The lowest BCUT2D eigenvalue weighted by atomic mass is 10.2. The van der Waals surface area contributed by atoms with Crippen molar-refractivity contribution >= 4 is 28.1 Å². The van der Waals surface area contributed by atoms with Gasteiger partial charge in [0, 0.05) is 27.1 Å². The number of hydrazone groups is 1. The van der Waals surface area contributed by atoms with Gasteiger partial charge in [0.2, 0.25) is 5.91 Å². The van der Waals surface area contributed by atoms with E-state index in [2.05, 4.69) is 62.2 Å². The molecule has 1 aromatic carbocycles. The second kappa shape index (κ2) is 7.96. The quantitative estimate of drug-likeness (QED) is 0.576. The molecule has 0 saturated carbocycles. The van der Waals surface area contributed by atoms with E-state index in [1.54, 1.807) is 13.1 Å². The average Bonchev–Trinajstić information content (AvgIpc) is 3.13. The molecule has 144 valence electrons. The highest BCUT2D eigenvalue weighted by atomic mass is 79.9. The Morgan fingerprint density at radius 2 is 1.85 bits per heavy atom. The van der Waals surface area contributed by atoms with Crippen LogP contribution in [-0.2, 0) is 14.3 Å². The summed E-state index contributed by atoms with van der Waals surface area (Å²) in [6, 6.07) is 8.35. The molecule has 7 heteroatoms. The van der Waals surface area contributed by atoms with Gasteiger partial charge in [-0.15, -0.1) is 0 Å². The number of hydrogen-bond acceptors (Lipinski definition) is 4. The first-order valence-corrected chi connectivity index (χ1v) is 9.64. The van der Waals surface area contributed by atoms with Crippen molar-refractivity contribution in [1.82, 2.24) is 9.99 Å². The van der Waals surface area contributed by atoms with E-state index in [9.17, 15) is 4.79 Å². The van der Waals surface area contributed by atoms with Gasteiger partial charge in [0.25, 0.3) is 0 Å². The zero-order valence-electron chi connectivity index (χ0n) is 16.0. The van der Waals surface area contributed by atoms with E-state index in [0.717, 1.165) is 27.1 Å². The van der Waals surface area contributed by atoms with Crippen molar-refractivity contribution < 1.29 is 14.3 Å². The van der Waals surface area contributed by atoms with Gasteiger partial charge in [-0.1, -0.05) is 17.7 Å². The molecule has 0 radical (unpaired) electrons. The van der Waals surface area contributed by atoms with Gasteiger partial charge in [0.15, 0.2) is 5.79 Å². The second-order valence-electron chi connectivity index (χ2n) is 6.87. The second-order valence-corrected chi connectivity index (χ2v) is 7.66. The summed E-state index contributed by atoms with van der Waals surface area (Å²) in [7, 11) is 0. The molecular weight excluding hydrogens is 410 g/mol. The highest BCUT2D eigenvalue weighted by Gasteiger charge is 2.33. The fourth-order valence-electron chi connectivity index (χ4n) is 3.21. The molecular formula is C20H24BrN3O3. The Morgan fingerprint density at radius 1 is 1.22 bits per heavy atom. The number of nitrogens with zero attached hydrogens (tertiary/aromatic N) is 2. The van der Waals surface area contributed by atoms with E-state index in [0.29, 0.717) is 13.2 Å². The number of halogens is 1. The summed E-state index contributed by atoms with van der Waals surface area (Å²) in [4.78, 5) is 12.1. The van der Waals surface area contributed by atoms with Crippen molar-refractivity contribution in [2.75, 3.05) is 13.2 Å². The molecule has 27 heavy (non-hydrogen) atoms. The molecule has 2 aromatic rings.